The van der Waals surface area contributed by atoms with Gasteiger partial charge < -0.3 is 26.6 Å². The number of fused-ring (bicyclic) bond motifs is 1. The summed E-state index contributed by atoms with van der Waals surface area (Å²) in [5.74, 6) is -2.34. The van der Waals surface area contributed by atoms with E-state index in [0.29, 0.717) is 19.4 Å². The quantitative estimate of drug-likeness (QED) is 0.279. The largest absolute Gasteiger partial charge is 0.363 e. The van der Waals surface area contributed by atoms with E-state index in [-0.39, 0.29) is 35.1 Å². The van der Waals surface area contributed by atoms with Gasteiger partial charge in [0.15, 0.2) is 0 Å². The number of carbonyl (C=O) groups excluding carboxylic acids is 5. The van der Waals surface area contributed by atoms with Gasteiger partial charge in [-0.3, -0.25) is 19.2 Å². The molecule has 0 radical (unpaired) electrons. The van der Waals surface area contributed by atoms with Gasteiger partial charge in [0.05, 0.1) is 6.04 Å². The van der Waals surface area contributed by atoms with Gasteiger partial charge in [0.2, 0.25) is 17.6 Å². The zero-order valence-electron chi connectivity index (χ0n) is 27.5. The number of carbonyl (C=O) groups is 5. The van der Waals surface area contributed by atoms with Crippen LogP contribution < -0.4 is 21.7 Å². The lowest BCUT2D eigenvalue weighted by molar-refractivity contribution is -0.145. The molecule has 1 aromatic rings. The van der Waals surface area contributed by atoms with E-state index in [1.54, 1.807) is 4.90 Å². The summed E-state index contributed by atoms with van der Waals surface area (Å²) in [6.45, 7) is 10.3. The van der Waals surface area contributed by atoms with Crippen LogP contribution in [0.3, 0.4) is 0 Å². The molecule has 10 heteroatoms. The fourth-order valence-corrected chi connectivity index (χ4v) is 7.94. The van der Waals surface area contributed by atoms with Gasteiger partial charge in [0.1, 0.15) is 12.1 Å². The minimum Gasteiger partial charge on any atom is -0.363 e. The third-order valence-electron chi connectivity index (χ3n) is 10.9. The van der Waals surface area contributed by atoms with Crippen molar-refractivity contribution in [3.63, 3.8) is 0 Å². The summed E-state index contributed by atoms with van der Waals surface area (Å²) in [6.07, 6.45) is 7.87. The zero-order chi connectivity index (χ0) is 32.7. The van der Waals surface area contributed by atoms with E-state index in [0.717, 1.165) is 50.5 Å². The maximum Gasteiger partial charge on any atom is 0.315 e. The van der Waals surface area contributed by atoms with E-state index < -0.39 is 46.7 Å². The first-order chi connectivity index (χ1) is 21.1. The van der Waals surface area contributed by atoms with E-state index in [9.17, 15) is 24.0 Å². The zero-order valence-corrected chi connectivity index (χ0v) is 27.5. The monoisotopic (exact) mass is 621 g/mol. The van der Waals surface area contributed by atoms with Crippen molar-refractivity contribution in [2.45, 2.75) is 116 Å². The Morgan fingerprint density at radius 1 is 0.978 bits per heavy atom. The molecule has 5 rings (SSSR count). The summed E-state index contributed by atoms with van der Waals surface area (Å²) in [4.78, 5) is 68.0. The molecule has 5 amide bonds. The number of hydrogen-bond acceptors (Lipinski definition) is 5. The number of nitrogens with one attached hydrogen (secondary N) is 3. The summed E-state index contributed by atoms with van der Waals surface area (Å²) in [7, 11) is 0. The van der Waals surface area contributed by atoms with Crippen LogP contribution in [0.1, 0.15) is 91.5 Å². The van der Waals surface area contributed by atoms with E-state index in [1.807, 2.05) is 39.0 Å². The van der Waals surface area contributed by atoms with Crippen LogP contribution in [0, 0.1) is 28.6 Å². The molecule has 1 heterocycles. The molecule has 5 atom stereocenters. The number of rotatable bonds is 11. The number of ketones is 1. The molecule has 246 valence electrons. The van der Waals surface area contributed by atoms with Crippen molar-refractivity contribution in [3.05, 3.63) is 35.9 Å². The summed E-state index contributed by atoms with van der Waals surface area (Å²) in [5, 5.41) is 9.12. The highest BCUT2D eigenvalue weighted by atomic mass is 16.2. The van der Waals surface area contributed by atoms with Gasteiger partial charge in [-0.05, 0) is 59.8 Å². The van der Waals surface area contributed by atoms with E-state index in [1.165, 1.54) is 0 Å². The fourth-order valence-electron chi connectivity index (χ4n) is 7.94. The Morgan fingerprint density at radius 3 is 2.20 bits per heavy atom. The second kappa shape index (κ2) is 12.4. The molecule has 1 saturated heterocycles. The van der Waals surface area contributed by atoms with Crippen LogP contribution in [0.2, 0.25) is 0 Å². The van der Waals surface area contributed by atoms with Gasteiger partial charge in [0.25, 0.3) is 5.91 Å². The number of nitrogens with zero attached hydrogens (tertiary/aromatic N) is 1. The van der Waals surface area contributed by atoms with Gasteiger partial charge in [0, 0.05) is 12.1 Å². The van der Waals surface area contributed by atoms with Gasteiger partial charge in [-0.15, -0.1) is 0 Å². The summed E-state index contributed by atoms with van der Waals surface area (Å²) >= 11 is 0. The lowest BCUT2D eigenvalue weighted by atomic mass is 9.77. The maximum absolute atomic E-state index is 14.4. The molecule has 3 aliphatic carbocycles. The number of likely N-dealkylation sites (tertiary alicyclic amines) is 1. The van der Waals surface area contributed by atoms with Crippen molar-refractivity contribution < 1.29 is 24.0 Å². The molecule has 3 saturated carbocycles. The van der Waals surface area contributed by atoms with Crippen molar-refractivity contribution >= 4 is 29.5 Å². The number of benzene rings is 1. The van der Waals surface area contributed by atoms with Gasteiger partial charge in [-0.25, -0.2) is 4.79 Å². The average Bonchev–Trinajstić information content (AvgIpc) is 3.82. The normalized spacial score (nSPS) is 26.2. The summed E-state index contributed by atoms with van der Waals surface area (Å²) < 4.78 is 0. The minimum absolute atomic E-state index is 0.0856. The average molecular weight is 622 g/mol. The molecule has 4 fully saturated rings. The number of primary amides is 1. The first-order valence-electron chi connectivity index (χ1n) is 16.7. The van der Waals surface area contributed by atoms with Crippen molar-refractivity contribution in [1.29, 1.82) is 0 Å². The van der Waals surface area contributed by atoms with Gasteiger partial charge in [-0.2, -0.15) is 0 Å². The van der Waals surface area contributed by atoms with Crippen LogP contribution in [0.15, 0.2) is 30.3 Å². The summed E-state index contributed by atoms with van der Waals surface area (Å²) in [6, 6.07) is 7.07. The van der Waals surface area contributed by atoms with Crippen molar-refractivity contribution in [2.24, 2.45) is 34.3 Å². The number of nitrogens with two attached hydrogens (primary N) is 1. The van der Waals surface area contributed by atoms with Gasteiger partial charge in [-0.1, -0.05) is 97.1 Å². The Bertz CT molecular complexity index is 1310. The van der Waals surface area contributed by atoms with Crippen LogP contribution in [0.5, 0.6) is 0 Å². The number of amides is 5. The van der Waals surface area contributed by atoms with Crippen molar-refractivity contribution in [1.82, 2.24) is 20.9 Å². The highest BCUT2D eigenvalue weighted by Gasteiger charge is 2.70. The van der Waals surface area contributed by atoms with E-state index in [4.69, 9.17) is 5.73 Å². The maximum atomic E-state index is 14.4. The first kappa shape index (κ1) is 32.9. The van der Waals surface area contributed by atoms with Crippen LogP contribution in [-0.2, 0) is 25.6 Å². The number of hydrogen-bond donors (Lipinski definition) is 4. The molecule has 0 bridgehead atoms. The highest BCUT2D eigenvalue weighted by Crippen LogP contribution is 2.65. The van der Waals surface area contributed by atoms with Crippen LogP contribution in [0.25, 0.3) is 0 Å². The molecule has 4 aliphatic rings. The minimum atomic E-state index is -1.07. The molecular formula is C35H51N5O5. The smallest absolute Gasteiger partial charge is 0.315 e. The molecule has 0 aromatic heterocycles. The van der Waals surface area contributed by atoms with E-state index >= 15 is 0 Å². The number of Topliss-reactive ketones (excluding diaryl/α,β-unsaturated/α-hetero) is 1. The fraction of sp³-hybridized carbons (Fsp3) is 0.686. The summed E-state index contributed by atoms with van der Waals surface area (Å²) in [5.41, 5.74) is 5.28. The van der Waals surface area contributed by atoms with Crippen molar-refractivity contribution in [3.8, 4) is 0 Å². The molecule has 10 nitrogen and oxygen atoms in total. The highest BCUT2D eigenvalue weighted by molar-refractivity contribution is 6.37. The lowest BCUT2D eigenvalue weighted by Crippen LogP contribution is -2.63. The predicted octanol–water partition coefficient (Wildman–Crippen LogP) is 3.47. The Balaban J connectivity index is 1.33. The SMILES string of the molecule is CC(C)(C)[C@H](NC(=O)NC1(Cc2ccccc2)CCCCC1)C(=O)N1C[C@H]2[C@@H]([C@H]1C(=O)NC(CC1CC1)C(=O)C(N)=O)C2(C)C. The molecular weight excluding hydrogens is 570 g/mol. The molecule has 45 heavy (non-hydrogen) atoms. The Kier molecular flexibility index (Phi) is 9.08. The third-order valence-corrected chi connectivity index (χ3v) is 10.9. The number of piperidine rings is 1. The topological polar surface area (TPSA) is 151 Å². The van der Waals surface area contributed by atoms with E-state index in [2.05, 4.69) is 41.9 Å². The molecule has 5 N–H and O–H groups in total. The Hall–Kier alpha value is -3.43. The van der Waals surface area contributed by atoms with Crippen LogP contribution in [0.4, 0.5) is 4.79 Å². The molecule has 1 aromatic carbocycles. The van der Waals surface area contributed by atoms with Gasteiger partial charge >= 0.3 is 6.03 Å². The Labute approximate surface area is 267 Å². The van der Waals surface area contributed by atoms with Crippen molar-refractivity contribution in [2.75, 3.05) is 6.54 Å². The standard InChI is InChI=1S/C35H51N5O5/c1-33(2,3)28(38-32(45)39-35(16-10-7-11-17-35)19-22-12-8-6-9-13-22)31(44)40-20-23-25(34(23,4)5)26(40)30(43)37-24(18-21-14-15-21)27(41)29(36)42/h6,8-9,12-13,21,23-26,28H,7,10-11,14-20H2,1-5H3,(H2,36,42)(H,37,43)(H2,38,39,45)/t23-,24?,25-,26-,28+/m0/s1. The molecule has 0 spiro atoms. The van der Waals surface area contributed by atoms with Crippen LogP contribution >= 0.6 is 0 Å². The van der Waals surface area contributed by atoms with Crippen LogP contribution in [-0.4, -0.2) is 64.6 Å². The second-order valence-electron chi connectivity index (χ2n) is 15.8. The number of urea groups is 1. The third kappa shape index (κ3) is 7.20. The molecule has 1 unspecified atom stereocenters. The Morgan fingerprint density at radius 2 is 1.62 bits per heavy atom. The lowest BCUT2D eigenvalue weighted by Gasteiger charge is -2.41. The second-order valence-corrected chi connectivity index (χ2v) is 15.8. The molecule has 1 aliphatic heterocycles. The first-order valence-corrected chi connectivity index (χ1v) is 16.7. The predicted molar refractivity (Wildman–Crippen MR) is 171 cm³/mol.